The van der Waals surface area contributed by atoms with Gasteiger partial charge >= 0.3 is 0 Å². The molecule has 0 amide bonds. The average Bonchev–Trinajstić information content (AvgIpc) is 0.677. The van der Waals surface area contributed by atoms with Gasteiger partial charge in [0.2, 0.25) is 0 Å². The summed E-state index contributed by atoms with van der Waals surface area (Å²) in [5, 5.41) is 0. The topological polar surface area (TPSA) is 22.7 Å². The minimum atomic E-state index is -0.501. The van der Waals surface area contributed by atoms with Crippen molar-refractivity contribution in [2.45, 2.75) is 19.3 Å². The number of rotatable bonds is 11. The first-order chi connectivity index (χ1) is 50.4. The second kappa shape index (κ2) is 23.6. The van der Waals surface area contributed by atoms with Crippen molar-refractivity contribution in [1.82, 2.24) is 0 Å². The molecule has 0 aromatic heterocycles. The molecule has 0 saturated carbocycles. The lowest BCUT2D eigenvalue weighted by Gasteiger charge is -2.50. The standard InChI is InChI=1S/C93H67B2N7/c1-93(2)75-52-30-32-54-80(75)98(68-42-20-7-21-43-68)82-57-56-77-92(89(82)93)102(72-50-28-11-29-51-72)88-61-74(97(66-38-16-5-17-39-66)67-40-18-6-19-41-67)60-87-91(88)95(77)79-62-78-83(63-84(79)101(87)71-48-26-10-27-49-71)100(70-46-24-9-25-47-70)86-59-73(96(64-34-12-3-13-35-64)65-36-14-4-15-37-65)58-85-90(86)94(78)76-53-31-33-55-81(76)99(85)69-44-22-8-23-45-69/h3-63H,1-2H3. The van der Waals surface area contributed by atoms with Crippen LogP contribution in [0.3, 0.4) is 0 Å². The summed E-state index contributed by atoms with van der Waals surface area (Å²) >= 11 is 0. The Hall–Kier alpha value is -13.0. The second-order valence-corrected chi connectivity index (χ2v) is 27.6. The van der Waals surface area contributed by atoms with Gasteiger partial charge in [0.15, 0.2) is 0 Å². The molecule has 0 saturated heterocycles. The van der Waals surface area contributed by atoms with E-state index in [2.05, 4.69) is 418 Å². The molecule has 7 nitrogen and oxygen atoms in total. The second-order valence-electron chi connectivity index (χ2n) is 27.6. The summed E-state index contributed by atoms with van der Waals surface area (Å²) < 4.78 is 0. The summed E-state index contributed by atoms with van der Waals surface area (Å²) in [6.45, 7) is 4.44. The highest BCUT2D eigenvalue weighted by Crippen LogP contribution is 2.59. The molecule has 5 heterocycles. The molecule has 0 aliphatic carbocycles. The lowest BCUT2D eigenvalue weighted by atomic mass is 9.30. The molecule has 0 unspecified atom stereocenters. The molecule has 9 heteroatoms. The number of fused-ring (bicyclic) bond motifs is 11. The third-order valence-corrected chi connectivity index (χ3v) is 21.6. The van der Waals surface area contributed by atoms with Gasteiger partial charge in [-0.15, -0.1) is 0 Å². The highest BCUT2D eigenvalue weighted by Gasteiger charge is 2.51. The minimum absolute atomic E-state index is 0.205. The molecule has 5 aliphatic heterocycles. The number of hydrogen-bond donors (Lipinski definition) is 0. The van der Waals surface area contributed by atoms with Gasteiger partial charge in [0.1, 0.15) is 0 Å². The molecule has 0 bridgehead atoms. The quantitative estimate of drug-likeness (QED) is 0.119. The third-order valence-electron chi connectivity index (χ3n) is 21.6. The van der Waals surface area contributed by atoms with E-state index in [1.165, 1.54) is 55.3 Å². The fourth-order valence-electron chi connectivity index (χ4n) is 17.5. The first kappa shape index (κ1) is 59.1. The van der Waals surface area contributed by atoms with Crippen LogP contribution < -0.4 is 67.1 Å². The van der Waals surface area contributed by atoms with E-state index in [1.54, 1.807) is 0 Å². The van der Waals surface area contributed by atoms with Crippen LogP contribution in [0.5, 0.6) is 0 Å². The van der Waals surface area contributed by atoms with Crippen LogP contribution in [0.15, 0.2) is 370 Å². The summed E-state index contributed by atoms with van der Waals surface area (Å²) in [5.41, 5.74) is 32.7. The zero-order valence-electron chi connectivity index (χ0n) is 56.5. The van der Waals surface area contributed by atoms with E-state index in [9.17, 15) is 0 Å². The van der Waals surface area contributed by atoms with Crippen LogP contribution in [-0.4, -0.2) is 13.4 Å². The average molecular weight is 1300 g/mol. The summed E-state index contributed by atoms with van der Waals surface area (Å²) in [7, 11) is 0. The number of nitrogens with zero attached hydrogens (tertiary/aromatic N) is 7. The molecule has 0 radical (unpaired) electrons. The fraction of sp³-hybridized carbons (Fsp3) is 0.0323. The van der Waals surface area contributed by atoms with Gasteiger partial charge in [0, 0.05) is 108 Å². The summed E-state index contributed by atoms with van der Waals surface area (Å²) in [6, 6.07) is 137. The predicted molar refractivity (Wildman–Crippen MR) is 431 cm³/mol. The first-order valence-electron chi connectivity index (χ1n) is 35.4. The van der Waals surface area contributed by atoms with Gasteiger partial charge in [-0.1, -0.05) is 226 Å². The van der Waals surface area contributed by atoms with Gasteiger partial charge < -0.3 is 34.3 Å². The summed E-state index contributed by atoms with van der Waals surface area (Å²) in [6.07, 6.45) is 0. The predicted octanol–water partition coefficient (Wildman–Crippen LogP) is 20.9. The zero-order chi connectivity index (χ0) is 67.6. The highest BCUT2D eigenvalue weighted by atomic mass is 15.2. The molecule has 15 aromatic carbocycles. The minimum Gasteiger partial charge on any atom is -0.311 e. The van der Waals surface area contributed by atoms with Crippen molar-refractivity contribution >= 4 is 166 Å². The van der Waals surface area contributed by atoms with E-state index in [4.69, 9.17) is 0 Å². The molecule has 0 N–H and O–H groups in total. The largest absolute Gasteiger partial charge is 0.311 e. The van der Waals surface area contributed by atoms with Crippen molar-refractivity contribution in [2.75, 3.05) is 34.3 Å². The lowest BCUT2D eigenvalue weighted by Crippen LogP contribution is -2.65. The Morgan fingerprint density at radius 1 is 0.225 bits per heavy atom. The van der Waals surface area contributed by atoms with Gasteiger partial charge in [-0.25, -0.2) is 0 Å². The van der Waals surface area contributed by atoms with Crippen molar-refractivity contribution in [1.29, 1.82) is 0 Å². The van der Waals surface area contributed by atoms with E-state index in [0.717, 1.165) is 108 Å². The Bertz CT molecular complexity index is 5640. The van der Waals surface area contributed by atoms with Gasteiger partial charge in [0.05, 0.1) is 22.7 Å². The molecule has 20 rings (SSSR count). The molecule has 5 aliphatic rings. The Balaban J connectivity index is 0.937. The Morgan fingerprint density at radius 2 is 0.539 bits per heavy atom. The normalized spacial score (nSPS) is 13.7. The maximum absolute atomic E-state index is 2.67. The molecule has 480 valence electrons. The van der Waals surface area contributed by atoms with E-state index < -0.39 is 5.41 Å². The fourth-order valence-corrected chi connectivity index (χ4v) is 17.5. The smallest absolute Gasteiger partial charge is 0.252 e. The summed E-state index contributed by atoms with van der Waals surface area (Å²) in [5.74, 6) is 0. The van der Waals surface area contributed by atoms with Crippen LogP contribution in [0.4, 0.5) is 119 Å². The molecule has 0 atom stereocenters. The number of anilines is 21. The van der Waals surface area contributed by atoms with Crippen LogP contribution >= 0.6 is 0 Å². The SMILES string of the molecule is CC1(C)c2ccccc2N(c2ccccc2)c2ccc3c(c21)N(c1ccccc1)c1cc(N(c2ccccc2)c2ccccc2)cc2c1B3c1cc3c(cc1N2c1ccccc1)N(c1ccccc1)c1cc(N(c2ccccc2)c2ccccc2)cc2c1B3c1ccccc1N2c1ccccc1. The Morgan fingerprint density at radius 3 is 0.951 bits per heavy atom. The van der Waals surface area contributed by atoms with E-state index in [-0.39, 0.29) is 13.4 Å². The number of hydrogen-bond acceptors (Lipinski definition) is 7. The first-order valence-corrected chi connectivity index (χ1v) is 35.4. The van der Waals surface area contributed by atoms with Gasteiger partial charge in [-0.3, -0.25) is 0 Å². The van der Waals surface area contributed by atoms with Crippen molar-refractivity contribution in [3.05, 3.63) is 381 Å². The van der Waals surface area contributed by atoms with Crippen molar-refractivity contribution in [3.63, 3.8) is 0 Å². The van der Waals surface area contributed by atoms with Gasteiger partial charge in [-0.05, 0) is 196 Å². The van der Waals surface area contributed by atoms with Gasteiger partial charge in [0.25, 0.3) is 13.4 Å². The molecule has 15 aromatic rings. The molecule has 102 heavy (non-hydrogen) atoms. The maximum atomic E-state index is 2.67. The van der Waals surface area contributed by atoms with Crippen LogP contribution in [0, 0.1) is 0 Å². The van der Waals surface area contributed by atoms with Gasteiger partial charge in [-0.2, -0.15) is 0 Å². The lowest BCUT2D eigenvalue weighted by molar-refractivity contribution is 0.633. The Kier molecular flexibility index (Phi) is 13.7. The molecule has 0 spiro atoms. The Labute approximate surface area is 596 Å². The zero-order valence-corrected chi connectivity index (χ0v) is 56.5. The number of para-hydroxylation sites is 11. The van der Waals surface area contributed by atoms with E-state index in [0.29, 0.717) is 0 Å². The monoisotopic (exact) mass is 1300 g/mol. The van der Waals surface area contributed by atoms with Crippen molar-refractivity contribution < 1.29 is 0 Å². The van der Waals surface area contributed by atoms with E-state index >= 15 is 0 Å². The van der Waals surface area contributed by atoms with Crippen LogP contribution in [0.1, 0.15) is 25.0 Å². The van der Waals surface area contributed by atoms with Crippen molar-refractivity contribution in [3.8, 4) is 0 Å². The van der Waals surface area contributed by atoms with Crippen LogP contribution in [-0.2, 0) is 5.41 Å². The summed E-state index contributed by atoms with van der Waals surface area (Å²) in [4.78, 5) is 17.8. The van der Waals surface area contributed by atoms with Crippen LogP contribution in [0.2, 0.25) is 0 Å². The highest BCUT2D eigenvalue weighted by molar-refractivity contribution is 7.03. The molecular formula is C93H67B2N7. The molecule has 0 fully saturated rings. The number of benzene rings is 15. The van der Waals surface area contributed by atoms with Crippen LogP contribution in [0.25, 0.3) is 0 Å². The third kappa shape index (κ3) is 9.10. The molecular weight excluding hydrogens is 1240 g/mol. The van der Waals surface area contributed by atoms with E-state index in [1.807, 2.05) is 0 Å². The maximum Gasteiger partial charge on any atom is 0.252 e. The van der Waals surface area contributed by atoms with Crippen molar-refractivity contribution in [2.24, 2.45) is 0 Å².